The van der Waals surface area contributed by atoms with E-state index in [1.54, 1.807) is 0 Å². The van der Waals surface area contributed by atoms with Gasteiger partial charge in [0.05, 0.1) is 5.41 Å². The minimum absolute atomic E-state index is 0.386. The van der Waals surface area contributed by atoms with Crippen LogP contribution >= 0.6 is 0 Å². The van der Waals surface area contributed by atoms with E-state index in [0.717, 1.165) is 72.0 Å². The summed E-state index contributed by atoms with van der Waals surface area (Å²) in [5.41, 5.74) is 23.7. The van der Waals surface area contributed by atoms with Gasteiger partial charge in [0.2, 0.25) is 0 Å². The second-order valence-corrected chi connectivity index (χ2v) is 19.4. The van der Waals surface area contributed by atoms with E-state index in [1.807, 2.05) is 24.3 Å². The van der Waals surface area contributed by atoms with E-state index >= 15 is 0 Å². The molecule has 15 rings (SSSR count). The molecule has 344 valence electrons. The number of nitrogens with zero attached hydrogens (tertiary/aromatic N) is 3. The van der Waals surface area contributed by atoms with Crippen molar-refractivity contribution in [1.29, 1.82) is 0 Å². The van der Waals surface area contributed by atoms with Crippen molar-refractivity contribution < 1.29 is 4.42 Å². The van der Waals surface area contributed by atoms with Crippen LogP contribution in [0.4, 0.5) is 0 Å². The predicted octanol–water partition coefficient (Wildman–Crippen LogP) is 17.8. The molecule has 0 unspecified atom stereocenters. The van der Waals surface area contributed by atoms with E-state index in [-0.39, 0.29) is 5.41 Å². The molecular formula is C70H43N3O. The van der Waals surface area contributed by atoms with Crippen molar-refractivity contribution in [2.75, 3.05) is 0 Å². The fraction of sp³-hybridized carbons (Fsp3) is 0.0143. The highest BCUT2D eigenvalue weighted by Crippen LogP contribution is 2.63. The van der Waals surface area contributed by atoms with Crippen LogP contribution in [0, 0.1) is 0 Å². The van der Waals surface area contributed by atoms with E-state index in [0.29, 0.717) is 17.5 Å². The first-order valence-electron chi connectivity index (χ1n) is 25.2. The maximum absolute atomic E-state index is 6.59. The SMILES string of the molecule is c1ccc(-c2ccc(-c3nc(-c4ccc(-c5ccccc5)cc4)nc(-c4cccc5oc6ccc(-c7ccc(-c8ccc9c(c8)C8(c%10ccccc%10-c%10ccccc%108)c8ccccc8-9)cc7)cc6c45)n3)cc2)cc1. The summed E-state index contributed by atoms with van der Waals surface area (Å²) >= 11 is 0. The largest absolute Gasteiger partial charge is 0.456 e. The topological polar surface area (TPSA) is 51.8 Å². The molecule has 0 fully saturated rings. The number of hydrogen-bond donors (Lipinski definition) is 0. The molecule has 0 saturated carbocycles. The van der Waals surface area contributed by atoms with Crippen molar-refractivity contribution in [2.45, 2.75) is 5.41 Å². The molecule has 0 aliphatic heterocycles. The molecular weight excluding hydrogens is 899 g/mol. The molecule has 11 aromatic carbocycles. The molecule has 74 heavy (non-hydrogen) atoms. The van der Waals surface area contributed by atoms with Crippen LogP contribution in [0.15, 0.2) is 265 Å². The Labute approximate surface area is 428 Å². The molecule has 0 bridgehead atoms. The van der Waals surface area contributed by atoms with Gasteiger partial charge in [-0.25, -0.2) is 15.0 Å². The second-order valence-electron chi connectivity index (χ2n) is 19.4. The molecule has 2 aliphatic rings. The molecule has 2 heterocycles. The van der Waals surface area contributed by atoms with Crippen molar-refractivity contribution in [1.82, 2.24) is 15.0 Å². The number of hydrogen-bond acceptors (Lipinski definition) is 4. The molecule has 1 spiro atoms. The van der Waals surface area contributed by atoms with Crippen molar-refractivity contribution >= 4 is 21.9 Å². The molecule has 4 nitrogen and oxygen atoms in total. The van der Waals surface area contributed by atoms with Gasteiger partial charge in [-0.15, -0.1) is 0 Å². The van der Waals surface area contributed by atoms with Crippen molar-refractivity contribution in [3.05, 3.63) is 283 Å². The molecule has 2 aromatic heterocycles. The average Bonchev–Trinajstić information content (AvgIpc) is 4.19. The van der Waals surface area contributed by atoms with Crippen LogP contribution in [0.25, 0.3) is 123 Å². The fourth-order valence-electron chi connectivity index (χ4n) is 12.0. The van der Waals surface area contributed by atoms with Crippen LogP contribution in [0.2, 0.25) is 0 Å². The smallest absolute Gasteiger partial charge is 0.164 e. The summed E-state index contributed by atoms with van der Waals surface area (Å²) in [6, 6.07) is 93.5. The fourth-order valence-corrected chi connectivity index (χ4v) is 12.0. The molecule has 2 aliphatic carbocycles. The zero-order valence-corrected chi connectivity index (χ0v) is 40.1. The Hall–Kier alpha value is -9.77. The van der Waals surface area contributed by atoms with E-state index in [9.17, 15) is 0 Å². The number of benzene rings is 11. The van der Waals surface area contributed by atoms with Crippen LogP contribution < -0.4 is 0 Å². The van der Waals surface area contributed by atoms with Gasteiger partial charge in [0.1, 0.15) is 11.2 Å². The van der Waals surface area contributed by atoms with Gasteiger partial charge >= 0.3 is 0 Å². The van der Waals surface area contributed by atoms with Gasteiger partial charge < -0.3 is 4.42 Å². The van der Waals surface area contributed by atoms with Gasteiger partial charge in [0, 0.05) is 27.5 Å². The van der Waals surface area contributed by atoms with Crippen LogP contribution in [0.1, 0.15) is 22.3 Å². The molecule has 0 radical (unpaired) electrons. The standard InChI is InChI=1S/C70H43N3O/c1-3-14-44(15-4-1)46-30-34-50(35-31-46)67-71-68(51-36-32-47(33-37-51)45-16-5-2-6-17-45)73-69(72-67)58-21-13-25-65-66(58)59-42-52(39-41-64(59)74-65)48-26-28-49(29-27-48)53-38-40-57-56-20-9-12-24-62(56)70(63(57)43-53)60-22-10-7-18-54(60)55-19-8-11-23-61(55)70/h1-43H. The molecule has 0 atom stereocenters. The lowest BCUT2D eigenvalue weighted by atomic mass is 9.70. The Morgan fingerprint density at radius 1 is 0.243 bits per heavy atom. The monoisotopic (exact) mass is 941 g/mol. The molecule has 4 heteroatoms. The van der Waals surface area contributed by atoms with Gasteiger partial charge in [-0.1, -0.05) is 237 Å². The van der Waals surface area contributed by atoms with E-state index in [1.165, 1.54) is 55.6 Å². The van der Waals surface area contributed by atoms with Crippen molar-refractivity contribution in [2.24, 2.45) is 0 Å². The zero-order chi connectivity index (χ0) is 48.7. The lowest BCUT2D eigenvalue weighted by Gasteiger charge is -2.30. The summed E-state index contributed by atoms with van der Waals surface area (Å²) in [5.74, 6) is 1.78. The summed E-state index contributed by atoms with van der Waals surface area (Å²) in [5, 5.41) is 1.96. The van der Waals surface area contributed by atoms with Crippen molar-refractivity contribution in [3.8, 4) is 101 Å². The lowest BCUT2D eigenvalue weighted by molar-refractivity contribution is 0.669. The Morgan fingerprint density at radius 2 is 0.622 bits per heavy atom. The predicted molar refractivity (Wildman–Crippen MR) is 301 cm³/mol. The minimum atomic E-state index is -0.386. The lowest BCUT2D eigenvalue weighted by Crippen LogP contribution is -2.25. The van der Waals surface area contributed by atoms with Crippen LogP contribution in [-0.2, 0) is 5.41 Å². The van der Waals surface area contributed by atoms with E-state index in [2.05, 4.69) is 237 Å². The number of aromatic nitrogens is 3. The normalized spacial score (nSPS) is 12.7. The molecule has 0 saturated heterocycles. The second kappa shape index (κ2) is 16.7. The number of rotatable bonds is 7. The number of furan rings is 1. The highest BCUT2D eigenvalue weighted by atomic mass is 16.3. The van der Waals surface area contributed by atoms with Crippen LogP contribution in [0.3, 0.4) is 0 Å². The third kappa shape index (κ3) is 6.52. The summed E-state index contributed by atoms with van der Waals surface area (Å²) in [6.45, 7) is 0. The van der Waals surface area contributed by atoms with Gasteiger partial charge in [-0.05, 0) is 113 Å². The van der Waals surface area contributed by atoms with Crippen molar-refractivity contribution in [3.63, 3.8) is 0 Å². The van der Waals surface area contributed by atoms with E-state index in [4.69, 9.17) is 19.4 Å². The summed E-state index contributed by atoms with van der Waals surface area (Å²) in [6.07, 6.45) is 0. The van der Waals surface area contributed by atoms with Gasteiger partial charge in [0.15, 0.2) is 17.5 Å². The summed E-state index contributed by atoms with van der Waals surface area (Å²) < 4.78 is 6.59. The van der Waals surface area contributed by atoms with Gasteiger partial charge in [0.25, 0.3) is 0 Å². The number of fused-ring (bicyclic) bond motifs is 13. The Kier molecular flexibility index (Phi) is 9.45. The summed E-state index contributed by atoms with van der Waals surface area (Å²) in [7, 11) is 0. The minimum Gasteiger partial charge on any atom is -0.456 e. The Morgan fingerprint density at radius 3 is 1.15 bits per heavy atom. The summed E-state index contributed by atoms with van der Waals surface area (Å²) in [4.78, 5) is 15.6. The van der Waals surface area contributed by atoms with Crippen LogP contribution in [-0.4, -0.2) is 15.0 Å². The third-order valence-electron chi connectivity index (χ3n) is 15.4. The zero-order valence-electron chi connectivity index (χ0n) is 40.1. The molecule has 0 amide bonds. The average molecular weight is 942 g/mol. The highest BCUT2D eigenvalue weighted by Gasteiger charge is 2.51. The molecule has 0 N–H and O–H groups in total. The first kappa shape index (κ1) is 42.0. The quantitative estimate of drug-likeness (QED) is 0.160. The molecule has 13 aromatic rings. The van der Waals surface area contributed by atoms with Gasteiger partial charge in [-0.3, -0.25) is 0 Å². The highest BCUT2D eigenvalue weighted by molar-refractivity contribution is 6.13. The Bertz CT molecular complexity index is 4160. The first-order chi connectivity index (χ1) is 36.7. The third-order valence-corrected chi connectivity index (χ3v) is 15.4. The van der Waals surface area contributed by atoms with Gasteiger partial charge in [-0.2, -0.15) is 0 Å². The maximum atomic E-state index is 6.59. The first-order valence-corrected chi connectivity index (χ1v) is 25.2. The van der Waals surface area contributed by atoms with E-state index < -0.39 is 0 Å². The Balaban J connectivity index is 0.816. The maximum Gasteiger partial charge on any atom is 0.164 e. The van der Waals surface area contributed by atoms with Crippen LogP contribution in [0.5, 0.6) is 0 Å².